The summed E-state index contributed by atoms with van der Waals surface area (Å²) in [5.74, 6) is 1.90. The van der Waals surface area contributed by atoms with E-state index in [1.165, 1.54) is 26.2 Å². The number of anilines is 1. The fraction of sp³-hybridized carbons (Fsp3) is 0.625. The highest BCUT2D eigenvalue weighted by Gasteiger charge is 2.31. The van der Waals surface area contributed by atoms with E-state index in [2.05, 4.69) is 20.9 Å². The lowest BCUT2D eigenvalue weighted by Crippen LogP contribution is -2.45. The number of nitrogens with zero attached hydrogens (tertiary/aromatic N) is 2. The van der Waals surface area contributed by atoms with Crippen LogP contribution in [0.5, 0.6) is 5.75 Å². The minimum absolute atomic E-state index is 0. The standard InChI is InChI=1S/C24H37N5O3.HI/c1-3-25-24(26-13-15-32-22-11-7-10-20(16-22)27-18(2)30)28-21-12-14-29(17-21)23(31)19-8-5-4-6-9-19;/h7,10-11,16,19,21H,3-6,8-9,12-15,17H2,1-2H3,(H,27,30)(H2,25,26,28);1H. The molecule has 0 bridgehead atoms. The predicted octanol–water partition coefficient (Wildman–Crippen LogP) is 3.38. The second kappa shape index (κ2) is 14.3. The van der Waals surface area contributed by atoms with Crippen molar-refractivity contribution in [2.24, 2.45) is 10.9 Å². The van der Waals surface area contributed by atoms with Crippen LogP contribution in [0.25, 0.3) is 0 Å². The van der Waals surface area contributed by atoms with Crippen LogP contribution < -0.4 is 20.7 Å². The number of aliphatic imine (C=N–C) groups is 1. The van der Waals surface area contributed by atoms with Gasteiger partial charge >= 0.3 is 0 Å². The minimum atomic E-state index is -0.112. The fourth-order valence-corrected chi connectivity index (χ4v) is 4.39. The molecule has 2 aliphatic rings. The molecule has 1 aromatic carbocycles. The van der Waals surface area contributed by atoms with Gasteiger partial charge in [0.1, 0.15) is 12.4 Å². The van der Waals surface area contributed by atoms with E-state index in [9.17, 15) is 9.59 Å². The Morgan fingerprint density at radius 3 is 2.70 bits per heavy atom. The maximum atomic E-state index is 12.8. The average Bonchev–Trinajstić information content (AvgIpc) is 3.25. The lowest BCUT2D eigenvalue weighted by Gasteiger charge is -2.26. The van der Waals surface area contributed by atoms with Crippen molar-refractivity contribution in [1.29, 1.82) is 0 Å². The van der Waals surface area contributed by atoms with Crippen LogP contribution in [0, 0.1) is 5.92 Å². The van der Waals surface area contributed by atoms with Gasteiger partial charge in [0.2, 0.25) is 11.8 Å². The molecule has 2 fully saturated rings. The molecule has 0 aromatic heterocycles. The summed E-state index contributed by atoms with van der Waals surface area (Å²) in [5.41, 5.74) is 0.710. The summed E-state index contributed by atoms with van der Waals surface area (Å²) in [6, 6.07) is 7.54. The van der Waals surface area contributed by atoms with Crippen LogP contribution in [0.1, 0.15) is 52.4 Å². The molecule has 1 unspecified atom stereocenters. The molecule has 33 heavy (non-hydrogen) atoms. The van der Waals surface area contributed by atoms with Crippen LogP contribution in [-0.2, 0) is 9.59 Å². The summed E-state index contributed by atoms with van der Waals surface area (Å²) in [4.78, 5) is 30.6. The Balaban J connectivity index is 0.00000385. The third-order valence-corrected chi connectivity index (χ3v) is 5.92. The van der Waals surface area contributed by atoms with E-state index < -0.39 is 0 Å². The lowest BCUT2D eigenvalue weighted by atomic mass is 9.88. The van der Waals surface area contributed by atoms with Gasteiger partial charge < -0.3 is 25.6 Å². The largest absolute Gasteiger partial charge is 0.492 e. The van der Waals surface area contributed by atoms with Gasteiger partial charge in [0.25, 0.3) is 0 Å². The van der Waals surface area contributed by atoms with Crippen molar-refractivity contribution in [3.8, 4) is 5.75 Å². The number of carbonyl (C=O) groups is 2. The first kappa shape index (κ1) is 27.2. The van der Waals surface area contributed by atoms with Gasteiger partial charge in [0, 0.05) is 50.3 Å². The summed E-state index contributed by atoms with van der Waals surface area (Å²) in [6.45, 7) is 6.77. The topological polar surface area (TPSA) is 95.1 Å². The maximum Gasteiger partial charge on any atom is 0.225 e. The number of amides is 2. The van der Waals surface area contributed by atoms with E-state index in [0.717, 1.165) is 44.9 Å². The molecule has 1 heterocycles. The molecule has 2 amide bonds. The smallest absolute Gasteiger partial charge is 0.225 e. The average molecular weight is 572 g/mol. The maximum absolute atomic E-state index is 12.8. The molecule has 0 spiro atoms. The molecule has 1 aromatic rings. The van der Waals surface area contributed by atoms with Crippen molar-refractivity contribution >= 4 is 47.4 Å². The first-order valence-electron chi connectivity index (χ1n) is 11.9. The number of likely N-dealkylation sites (tertiary alicyclic amines) is 1. The molecule has 8 nitrogen and oxygen atoms in total. The van der Waals surface area contributed by atoms with Crippen LogP contribution >= 0.6 is 24.0 Å². The van der Waals surface area contributed by atoms with E-state index in [1.54, 1.807) is 6.07 Å². The van der Waals surface area contributed by atoms with Crippen LogP contribution in [-0.4, -0.2) is 61.5 Å². The number of carbonyl (C=O) groups excluding carboxylic acids is 2. The Morgan fingerprint density at radius 1 is 1.18 bits per heavy atom. The molecule has 1 saturated carbocycles. The highest BCUT2D eigenvalue weighted by atomic mass is 127. The first-order valence-corrected chi connectivity index (χ1v) is 11.9. The normalized spacial score (nSPS) is 18.9. The van der Waals surface area contributed by atoms with Gasteiger partial charge in [0.15, 0.2) is 5.96 Å². The SMILES string of the molecule is CCNC(=NCCOc1cccc(NC(C)=O)c1)NC1CCN(C(=O)C2CCCCC2)C1.I. The van der Waals surface area contributed by atoms with Crippen LogP contribution in [0.15, 0.2) is 29.3 Å². The summed E-state index contributed by atoms with van der Waals surface area (Å²) in [7, 11) is 0. The number of nitrogens with one attached hydrogen (secondary N) is 3. The van der Waals surface area contributed by atoms with Gasteiger partial charge in [-0.1, -0.05) is 25.3 Å². The Bertz CT molecular complexity index is 798. The molecular weight excluding hydrogens is 533 g/mol. The van der Waals surface area contributed by atoms with Gasteiger partial charge in [-0.15, -0.1) is 24.0 Å². The minimum Gasteiger partial charge on any atom is -0.492 e. The summed E-state index contributed by atoms with van der Waals surface area (Å²) in [6.07, 6.45) is 6.66. The third-order valence-electron chi connectivity index (χ3n) is 5.92. The van der Waals surface area contributed by atoms with Gasteiger partial charge in [-0.25, -0.2) is 4.99 Å². The van der Waals surface area contributed by atoms with Gasteiger partial charge in [-0.2, -0.15) is 0 Å². The molecule has 1 aliphatic carbocycles. The van der Waals surface area contributed by atoms with E-state index in [-0.39, 0.29) is 41.8 Å². The first-order chi connectivity index (χ1) is 15.5. The molecule has 3 rings (SSSR count). The summed E-state index contributed by atoms with van der Waals surface area (Å²) in [5, 5.41) is 9.50. The number of hydrogen-bond donors (Lipinski definition) is 3. The summed E-state index contributed by atoms with van der Waals surface area (Å²) >= 11 is 0. The lowest BCUT2D eigenvalue weighted by molar-refractivity contribution is -0.135. The predicted molar refractivity (Wildman–Crippen MR) is 142 cm³/mol. The van der Waals surface area contributed by atoms with E-state index >= 15 is 0 Å². The molecule has 1 aliphatic heterocycles. The molecule has 184 valence electrons. The highest BCUT2D eigenvalue weighted by molar-refractivity contribution is 14.0. The van der Waals surface area contributed by atoms with Crippen LogP contribution in [0.2, 0.25) is 0 Å². The number of ether oxygens (including phenoxy) is 1. The molecule has 1 saturated heterocycles. The van der Waals surface area contributed by atoms with Gasteiger partial charge in [0.05, 0.1) is 6.54 Å². The number of hydrogen-bond acceptors (Lipinski definition) is 4. The van der Waals surface area contributed by atoms with Crippen molar-refractivity contribution < 1.29 is 14.3 Å². The molecule has 0 radical (unpaired) electrons. The van der Waals surface area contributed by atoms with E-state index in [0.29, 0.717) is 30.5 Å². The van der Waals surface area contributed by atoms with Crippen molar-refractivity contribution in [2.75, 3.05) is 38.1 Å². The number of halogens is 1. The van der Waals surface area contributed by atoms with Gasteiger partial charge in [-0.05, 0) is 38.3 Å². The Labute approximate surface area is 214 Å². The van der Waals surface area contributed by atoms with Gasteiger partial charge in [-0.3, -0.25) is 9.59 Å². The fourth-order valence-electron chi connectivity index (χ4n) is 4.39. The van der Waals surface area contributed by atoms with E-state index in [4.69, 9.17) is 4.74 Å². The van der Waals surface area contributed by atoms with Crippen molar-refractivity contribution in [2.45, 2.75) is 58.4 Å². The monoisotopic (exact) mass is 571 g/mol. The quantitative estimate of drug-likeness (QED) is 0.193. The second-order valence-corrected chi connectivity index (χ2v) is 8.57. The van der Waals surface area contributed by atoms with E-state index in [1.807, 2.05) is 30.0 Å². The third kappa shape index (κ3) is 9.02. The number of benzene rings is 1. The molecule has 9 heteroatoms. The number of guanidine groups is 1. The van der Waals surface area contributed by atoms with Crippen molar-refractivity contribution in [3.05, 3.63) is 24.3 Å². The zero-order valence-electron chi connectivity index (χ0n) is 19.8. The summed E-state index contributed by atoms with van der Waals surface area (Å²) < 4.78 is 5.78. The highest BCUT2D eigenvalue weighted by Crippen LogP contribution is 2.26. The molecule has 1 atom stereocenters. The zero-order valence-corrected chi connectivity index (χ0v) is 22.1. The van der Waals surface area contributed by atoms with Crippen molar-refractivity contribution in [1.82, 2.24) is 15.5 Å². The Morgan fingerprint density at radius 2 is 1.97 bits per heavy atom. The Hall–Kier alpha value is -2.04. The number of rotatable bonds is 8. The zero-order chi connectivity index (χ0) is 22.8. The Kier molecular flexibility index (Phi) is 11.8. The van der Waals surface area contributed by atoms with Crippen LogP contribution in [0.4, 0.5) is 5.69 Å². The second-order valence-electron chi connectivity index (χ2n) is 8.57. The molecular formula is C24H38IN5O3. The molecule has 3 N–H and O–H groups in total. The van der Waals surface area contributed by atoms with Crippen molar-refractivity contribution in [3.63, 3.8) is 0 Å². The van der Waals surface area contributed by atoms with Crippen LogP contribution in [0.3, 0.4) is 0 Å².